The SMILES string of the molecule is COc1cc(OC)cc(N2CC3CN(C(=O)N4CCS(=O)(=O)CC4)C[C@@H]2C(C)(C)C3)c1. The maximum absolute atomic E-state index is 13.3. The van der Waals surface area contributed by atoms with Crippen molar-refractivity contribution < 1.29 is 22.7 Å². The van der Waals surface area contributed by atoms with E-state index in [1.54, 1.807) is 19.1 Å². The van der Waals surface area contributed by atoms with E-state index in [4.69, 9.17) is 9.47 Å². The van der Waals surface area contributed by atoms with Crippen LogP contribution in [0.15, 0.2) is 18.2 Å². The van der Waals surface area contributed by atoms with Crippen LogP contribution in [0.3, 0.4) is 0 Å². The summed E-state index contributed by atoms with van der Waals surface area (Å²) in [5, 5.41) is 0. The number of hydrogen-bond acceptors (Lipinski definition) is 6. The van der Waals surface area contributed by atoms with Gasteiger partial charge in [0.05, 0.1) is 31.8 Å². The first kappa shape index (κ1) is 22.0. The number of rotatable bonds is 3. The van der Waals surface area contributed by atoms with Crippen LogP contribution in [-0.2, 0) is 9.84 Å². The molecule has 1 aromatic rings. The number of amides is 2. The van der Waals surface area contributed by atoms with Crippen molar-refractivity contribution >= 4 is 21.6 Å². The highest BCUT2D eigenvalue weighted by molar-refractivity contribution is 7.91. The average molecular weight is 452 g/mol. The zero-order chi connectivity index (χ0) is 22.4. The van der Waals surface area contributed by atoms with Crippen molar-refractivity contribution in [1.82, 2.24) is 9.80 Å². The van der Waals surface area contributed by atoms with Gasteiger partial charge in [0.1, 0.15) is 11.5 Å². The fourth-order valence-electron chi connectivity index (χ4n) is 5.34. The summed E-state index contributed by atoms with van der Waals surface area (Å²) in [7, 11) is 0.281. The van der Waals surface area contributed by atoms with Crippen LogP contribution >= 0.6 is 0 Å². The largest absolute Gasteiger partial charge is 0.497 e. The second-order valence-electron chi connectivity index (χ2n) is 9.62. The minimum atomic E-state index is -3.02. The molecule has 0 saturated carbocycles. The molecule has 0 spiro atoms. The molecule has 0 N–H and O–H groups in total. The molecule has 0 radical (unpaired) electrons. The van der Waals surface area contributed by atoms with Gasteiger partial charge in [0.25, 0.3) is 0 Å². The van der Waals surface area contributed by atoms with E-state index in [1.165, 1.54) is 0 Å². The van der Waals surface area contributed by atoms with Crippen molar-refractivity contribution in [2.45, 2.75) is 26.3 Å². The molecule has 0 aliphatic carbocycles. The van der Waals surface area contributed by atoms with Gasteiger partial charge in [-0.05, 0) is 17.8 Å². The lowest BCUT2D eigenvalue weighted by Gasteiger charge is -2.48. The normalized spacial score (nSPS) is 27.0. The van der Waals surface area contributed by atoms with Gasteiger partial charge in [-0.25, -0.2) is 13.2 Å². The molecule has 9 heteroatoms. The fourth-order valence-corrected chi connectivity index (χ4v) is 6.54. The highest BCUT2D eigenvalue weighted by Crippen LogP contribution is 2.44. The van der Waals surface area contributed by atoms with Crippen molar-refractivity contribution in [3.05, 3.63) is 18.2 Å². The maximum Gasteiger partial charge on any atom is 0.320 e. The van der Waals surface area contributed by atoms with Crippen LogP contribution in [0.4, 0.5) is 10.5 Å². The Hall–Kier alpha value is -2.16. The molecule has 31 heavy (non-hydrogen) atoms. The Labute approximate surface area is 185 Å². The van der Waals surface area contributed by atoms with Gasteiger partial charge in [-0.15, -0.1) is 0 Å². The van der Waals surface area contributed by atoms with Crippen LogP contribution in [0.1, 0.15) is 20.3 Å². The van der Waals surface area contributed by atoms with Crippen LogP contribution in [0.5, 0.6) is 11.5 Å². The van der Waals surface area contributed by atoms with Gasteiger partial charge in [-0.3, -0.25) is 0 Å². The van der Waals surface area contributed by atoms with Crippen molar-refractivity contribution in [1.29, 1.82) is 0 Å². The molecule has 8 nitrogen and oxygen atoms in total. The predicted molar refractivity (Wildman–Crippen MR) is 120 cm³/mol. The highest BCUT2D eigenvalue weighted by Gasteiger charge is 2.47. The third-order valence-electron chi connectivity index (χ3n) is 6.97. The fraction of sp³-hybridized carbons (Fsp3) is 0.682. The molecule has 4 aliphatic rings. The summed E-state index contributed by atoms with van der Waals surface area (Å²) in [5.74, 6) is 1.94. The van der Waals surface area contributed by atoms with Crippen LogP contribution in [-0.4, -0.2) is 88.7 Å². The van der Waals surface area contributed by atoms with E-state index in [0.29, 0.717) is 19.0 Å². The molecule has 0 aromatic heterocycles. The Bertz CT molecular complexity index is 912. The lowest BCUT2D eigenvalue weighted by molar-refractivity contribution is 0.153. The van der Waals surface area contributed by atoms with E-state index in [1.807, 2.05) is 23.1 Å². The average Bonchev–Trinajstić information content (AvgIpc) is 3.00. The lowest BCUT2D eigenvalue weighted by Crippen LogP contribution is -2.55. The smallest absolute Gasteiger partial charge is 0.320 e. The van der Waals surface area contributed by atoms with Gasteiger partial charge in [0.15, 0.2) is 9.84 Å². The van der Waals surface area contributed by atoms with E-state index in [9.17, 15) is 13.2 Å². The summed E-state index contributed by atoms with van der Waals surface area (Å²) in [5.41, 5.74) is 1.07. The first-order chi connectivity index (χ1) is 14.6. The van der Waals surface area contributed by atoms with Gasteiger partial charge in [-0.2, -0.15) is 0 Å². The number of piperidine rings is 1. The molecule has 5 rings (SSSR count). The first-order valence-corrected chi connectivity index (χ1v) is 12.7. The Morgan fingerprint density at radius 3 is 2.16 bits per heavy atom. The van der Waals surface area contributed by atoms with Crippen LogP contribution in [0.2, 0.25) is 0 Å². The highest BCUT2D eigenvalue weighted by atomic mass is 32.2. The van der Waals surface area contributed by atoms with Gasteiger partial charge in [0, 0.05) is 56.6 Å². The summed E-state index contributed by atoms with van der Waals surface area (Å²) >= 11 is 0. The number of sulfone groups is 1. The number of carbonyl (C=O) groups is 1. The number of nitrogens with zero attached hydrogens (tertiary/aromatic N) is 3. The minimum absolute atomic E-state index is 0.0273. The number of hydrogen-bond donors (Lipinski definition) is 0. The zero-order valence-corrected chi connectivity index (χ0v) is 19.7. The Morgan fingerprint density at radius 1 is 0.968 bits per heavy atom. The van der Waals surface area contributed by atoms with Crippen molar-refractivity contribution in [2.24, 2.45) is 11.3 Å². The van der Waals surface area contributed by atoms with E-state index < -0.39 is 9.84 Å². The van der Waals surface area contributed by atoms with Crippen LogP contribution in [0, 0.1) is 11.3 Å². The maximum atomic E-state index is 13.3. The second kappa shape index (κ2) is 8.07. The Balaban J connectivity index is 1.60. The first-order valence-electron chi connectivity index (χ1n) is 10.9. The van der Waals surface area contributed by atoms with Crippen molar-refractivity contribution in [3.8, 4) is 11.5 Å². The van der Waals surface area contributed by atoms with Crippen LogP contribution < -0.4 is 14.4 Å². The van der Waals surface area contributed by atoms with Gasteiger partial charge < -0.3 is 24.2 Å². The number of methoxy groups -OCH3 is 2. The number of urea groups is 1. The summed E-state index contributed by atoms with van der Waals surface area (Å²) in [4.78, 5) is 19.3. The molecule has 4 heterocycles. The third-order valence-corrected chi connectivity index (χ3v) is 8.58. The topological polar surface area (TPSA) is 79.4 Å². The van der Waals surface area contributed by atoms with Gasteiger partial charge in [-0.1, -0.05) is 13.8 Å². The number of ether oxygens (including phenoxy) is 2. The lowest BCUT2D eigenvalue weighted by atomic mass is 9.73. The third kappa shape index (κ3) is 4.42. The summed E-state index contributed by atoms with van der Waals surface area (Å²) in [6.07, 6.45) is 1.05. The summed E-state index contributed by atoms with van der Waals surface area (Å²) in [6, 6.07) is 6.03. The minimum Gasteiger partial charge on any atom is -0.497 e. The number of benzene rings is 1. The number of carbonyl (C=O) groups excluding carboxylic acids is 1. The molecule has 1 aromatic carbocycles. The molecule has 1 unspecified atom stereocenters. The van der Waals surface area contributed by atoms with Crippen LogP contribution in [0.25, 0.3) is 0 Å². The van der Waals surface area contributed by atoms with E-state index in [0.717, 1.165) is 30.2 Å². The predicted octanol–water partition coefficient (Wildman–Crippen LogP) is 2.09. The van der Waals surface area contributed by atoms with Gasteiger partial charge in [0.2, 0.25) is 0 Å². The molecular formula is C22H33N3O5S. The molecule has 4 fully saturated rings. The number of fused-ring (bicyclic) bond motifs is 4. The van der Waals surface area contributed by atoms with E-state index in [-0.39, 0.29) is 42.1 Å². The zero-order valence-electron chi connectivity index (χ0n) is 18.8. The standard InChI is InChI=1S/C22H33N3O5S/c1-22(2)12-16-13-24(21(26)23-5-7-31(27,28)8-6-23)15-20(22)25(14-16)17-9-18(29-3)11-19(10-17)30-4/h9-11,16,20H,5-8,12-15H2,1-4H3/t16?,20-/m1/s1. The molecule has 4 aliphatic heterocycles. The molecule has 2 atom stereocenters. The molecule has 2 bridgehead atoms. The van der Waals surface area contributed by atoms with Crippen molar-refractivity contribution in [2.75, 3.05) is 63.3 Å². The molecular weight excluding hydrogens is 418 g/mol. The summed E-state index contributed by atoms with van der Waals surface area (Å²) in [6.45, 7) is 7.29. The quantitative estimate of drug-likeness (QED) is 0.700. The number of anilines is 1. The summed E-state index contributed by atoms with van der Waals surface area (Å²) < 4.78 is 34.5. The molecule has 172 valence electrons. The Kier molecular flexibility index (Phi) is 5.74. The van der Waals surface area contributed by atoms with Crippen molar-refractivity contribution in [3.63, 3.8) is 0 Å². The van der Waals surface area contributed by atoms with E-state index in [2.05, 4.69) is 18.7 Å². The monoisotopic (exact) mass is 451 g/mol. The molecule has 2 amide bonds. The Morgan fingerprint density at radius 2 is 1.58 bits per heavy atom. The van der Waals surface area contributed by atoms with E-state index >= 15 is 0 Å². The molecule has 4 saturated heterocycles. The second-order valence-corrected chi connectivity index (χ2v) is 11.9. The van der Waals surface area contributed by atoms with Gasteiger partial charge >= 0.3 is 6.03 Å².